The summed E-state index contributed by atoms with van der Waals surface area (Å²) in [7, 11) is 1.48. The number of rotatable bonds is 1. The number of halogens is 2. The molecule has 100 valence electrons. The van der Waals surface area contributed by atoms with Crippen molar-refractivity contribution in [2.75, 3.05) is 7.05 Å². The van der Waals surface area contributed by atoms with E-state index in [9.17, 15) is 14.7 Å². The molecule has 1 aliphatic rings. The van der Waals surface area contributed by atoms with Crippen molar-refractivity contribution in [3.05, 3.63) is 32.6 Å². The summed E-state index contributed by atoms with van der Waals surface area (Å²) < 4.78 is 0.823. The molecule has 5 nitrogen and oxygen atoms in total. The first kappa shape index (κ1) is 14.3. The monoisotopic (exact) mass is 388 g/mol. The molecule has 3 N–H and O–H groups in total. The summed E-state index contributed by atoms with van der Waals surface area (Å²) in [5.41, 5.74) is 6.59. The van der Waals surface area contributed by atoms with E-state index < -0.39 is 17.9 Å². The Hall–Kier alpha value is -1.08. The van der Waals surface area contributed by atoms with Crippen LogP contribution in [0.5, 0.6) is 5.75 Å². The van der Waals surface area contributed by atoms with Crippen molar-refractivity contribution in [2.24, 2.45) is 5.73 Å². The number of nitrogens with two attached hydrogens (primary N) is 1. The van der Waals surface area contributed by atoms with Crippen molar-refractivity contribution in [1.82, 2.24) is 4.90 Å². The Labute approximate surface area is 127 Å². The number of hydrogen-bond donors (Lipinski definition) is 2. The SMILES string of the molecule is CN1C(=O)[C]Cc2cc(Br)c(O)c(Br)c2C1C(N)=O. The number of phenols is 1. The number of aromatic hydroxyl groups is 1. The number of phenolic OH excluding ortho intramolecular Hbond substituents is 1. The van der Waals surface area contributed by atoms with E-state index in [0.29, 0.717) is 20.1 Å². The van der Waals surface area contributed by atoms with Crippen molar-refractivity contribution in [2.45, 2.75) is 12.5 Å². The van der Waals surface area contributed by atoms with Gasteiger partial charge in [0.1, 0.15) is 11.8 Å². The molecule has 1 unspecified atom stereocenters. The van der Waals surface area contributed by atoms with E-state index in [0.717, 1.165) is 0 Å². The molecule has 0 bridgehead atoms. The lowest BCUT2D eigenvalue weighted by Crippen LogP contribution is -2.38. The van der Waals surface area contributed by atoms with Gasteiger partial charge in [-0.1, -0.05) is 0 Å². The van der Waals surface area contributed by atoms with Gasteiger partial charge in [-0.05, 0) is 49.9 Å². The molecule has 2 rings (SSSR count). The molecule has 7 heteroatoms. The van der Waals surface area contributed by atoms with Gasteiger partial charge in [0.05, 0.1) is 15.4 Å². The third kappa shape index (κ3) is 2.36. The second-order valence-electron chi connectivity index (χ2n) is 4.17. The van der Waals surface area contributed by atoms with Gasteiger partial charge in [0.25, 0.3) is 0 Å². The van der Waals surface area contributed by atoms with Crippen LogP contribution >= 0.6 is 31.9 Å². The summed E-state index contributed by atoms with van der Waals surface area (Å²) >= 11 is 6.47. The summed E-state index contributed by atoms with van der Waals surface area (Å²) in [6.07, 6.45) is 2.91. The summed E-state index contributed by atoms with van der Waals surface area (Å²) in [5, 5.41) is 9.94. The number of nitrogens with zero attached hydrogens (tertiary/aromatic N) is 1. The van der Waals surface area contributed by atoms with E-state index in [2.05, 4.69) is 38.3 Å². The lowest BCUT2D eigenvalue weighted by atomic mass is 9.97. The fourth-order valence-corrected chi connectivity index (χ4v) is 3.48. The molecule has 1 aromatic rings. The number of likely N-dealkylation sites (N-methyl/N-ethyl adjacent to an activating group) is 1. The first-order valence-electron chi connectivity index (χ1n) is 5.34. The minimum atomic E-state index is -0.939. The van der Waals surface area contributed by atoms with E-state index in [4.69, 9.17) is 5.73 Å². The molecule has 0 aromatic heterocycles. The Morgan fingerprint density at radius 1 is 1.58 bits per heavy atom. The van der Waals surface area contributed by atoms with Crippen molar-refractivity contribution >= 4 is 43.7 Å². The van der Waals surface area contributed by atoms with E-state index >= 15 is 0 Å². The zero-order valence-electron chi connectivity index (χ0n) is 9.91. The normalized spacial score (nSPS) is 19.0. The highest BCUT2D eigenvalue weighted by Gasteiger charge is 2.34. The molecule has 2 radical (unpaired) electrons. The number of primary amides is 1. The zero-order valence-corrected chi connectivity index (χ0v) is 13.1. The number of fused-ring (bicyclic) bond motifs is 1. The minimum absolute atomic E-state index is 0.0345. The summed E-state index contributed by atoms with van der Waals surface area (Å²) in [5.74, 6) is -1.10. The van der Waals surface area contributed by atoms with Gasteiger partial charge >= 0.3 is 0 Å². The van der Waals surface area contributed by atoms with Gasteiger partial charge in [0.2, 0.25) is 11.8 Å². The lowest BCUT2D eigenvalue weighted by molar-refractivity contribution is -0.135. The van der Waals surface area contributed by atoms with Crippen LogP contribution in [0.4, 0.5) is 0 Å². The van der Waals surface area contributed by atoms with Gasteiger partial charge < -0.3 is 15.7 Å². The molecule has 19 heavy (non-hydrogen) atoms. The first-order valence-corrected chi connectivity index (χ1v) is 6.93. The second-order valence-corrected chi connectivity index (χ2v) is 5.82. The largest absolute Gasteiger partial charge is 0.506 e. The molecule has 0 saturated carbocycles. The molecule has 0 saturated heterocycles. The third-order valence-corrected chi connectivity index (χ3v) is 4.41. The van der Waals surface area contributed by atoms with Crippen LogP contribution in [-0.2, 0) is 16.0 Å². The predicted molar refractivity (Wildman–Crippen MR) is 75.2 cm³/mol. The molecule has 1 aliphatic heterocycles. The fraction of sp³-hybridized carbons (Fsp3) is 0.250. The Kier molecular flexibility index (Phi) is 3.87. The van der Waals surface area contributed by atoms with Crippen molar-refractivity contribution in [3.8, 4) is 5.75 Å². The highest BCUT2D eigenvalue weighted by atomic mass is 79.9. The Bertz CT molecular complexity index is 575. The molecule has 0 spiro atoms. The van der Waals surface area contributed by atoms with Crippen molar-refractivity contribution < 1.29 is 14.7 Å². The van der Waals surface area contributed by atoms with Crippen LogP contribution in [0, 0.1) is 6.42 Å². The lowest BCUT2D eigenvalue weighted by Gasteiger charge is -2.25. The van der Waals surface area contributed by atoms with Gasteiger partial charge in [-0.15, -0.1) is 0 Å². The van der Waals surface area contributed by atoms with Crippen LogP contribution in [0.25, 0.3) is 0 Å². The highest BCUT2D eigenvalue weighted by Crippen LogP contribution is 2.42. The van der Waals surface area contributed by atoms with Crippen LogP contribution in [0.15, 0.2) is 15.0 Å². The molecular formula is C12H10Br2N2O3. The first-order chi connectivity index (χ1) is 8.84. The standard InChI is InChI=1S/C12H10Br2N2O3/c1-16-7(17)3-2-5-4-6(13)11(18)9(14)8(5)10(16)12(15)19/h4,10,18H,2H2,1H3,(H2,15,19). The average Bonchev–Trinajstić information content (AvgIpc) is 2.46. The minimum Gasteiger partial charge on any atom is -0.506 e. The number of benzene rings is 1. The maximum absolute atomic E-state index is 11.8. The average molecular weight is 390 g/mol. The Morgan fingerprint density at radius 2 is 2.21 bits per heavy atom. The Morgan fingerprint density at radius 3 is 2.79 bits per heavy atom. The number of carbonyl (C=O) groups is 2. The molecule has 0 fully saturated rings. The van der Waals surface area contributed by atoms with E-state index in [-0.39, 0.29) is 12.2 Å². The number of amides is 2. The molecule has 2 amide bonds. The Balaban J connectivity index is 2.72. The zero-order chi connectivity index (χ0) is 14.3. The summed E-state index contributed by atoms with van der Waals surface area (Å²) in [4.78, 5) is 24.7. The van der Waals surface area contributed by atoms with Crippen molar-refractivity contribution in [3.63, 3.8) is 0 Å². The summed E-state index contributed by atoms with van der Waals surface area (Å²) in [6.45, 7) is 0. The van der Waals surface area contributed by atoms with Gasteiger partial charge in [0.15, 0.2) is 0 Å². The van der Waals surface area contributed by atoms with Gasteiger partial charge in [-0.2, -0.15) is 0 Å². The topological polar surface area (TPSA) is 83.6 Å². The van der Waals surface area contributed by atoms with Crippen LogP contribution in [-0.4, -0.2) is 28.9 Å². The van der Waals surface area contributed by atoms with E-state index in [1.807, 2.05) is 0 Å². The smallest absolute Gasteiger partial charge is 0.244 e. The van der Waals surface area contributed by atoms with Crippen LogP contribution < -0.4 is 5.73 Å². The summed E-state index contributed by atoms with van der Waals surface area (Å²) in [6, 6.07) is 0.719. The third-order valence-electron chi connectivity index (χ3n) is 3.00. The van der Waals surface area contributed by atoms with Gasteiger partial charge in [-0.25, -0.2) is 0 Å². The second kappa shape index (κ2) is 5.13. The molecule has 1 atom stereocenters. The quantitative estimate of drug-likeness (QED) is 0.764. The number of carbonyl (C=O) groups excluding carboxylic acids is 2. The van der Waals surface area contributed by atoms with Crippen LogP contribution in [0.2, 0.25) is 0 Å². The van der Waals surface area contributed by atoms with Crippen LogP contribution in [0.1, 0.15) is 17.2 Å². The molecule has 0 aliphatic carbocycles. The molecule has 1 aromatic carbocycles. The maximum Gasteiger partial charge on any atom is 0.244 e. The van der Waals surface area contributed by atoms with Gasteiger partial charge in [-0.3, -0.25) is 9.59 Å². The molecule has 1 heterocycles. The predicted octanol–water partition coefficient (Wildman–Crippen LogP) is 1.54. The fourth-order valence-electron chi connectivity index (χ4n) is 2.05. The van der Waals surface area contributed by atoms with E-state index in [1.54, 1.807) is 6.07 Å². The van der Waals surface area contributed by atoms with E-state index in [1.165, 1.54) is 11.9 Å². The van der Waals surface area contributed by atoms with Crippen molar-refractivity contribution in [1.29, 1.82) is 0 Å². The molecular weight excluding hydrogens is 380 g/mol. The highest BCUT2D eigenvalue weighted by molar-refractivity contribution is 9.11. The van der Waals surface area contributed by atoms with Gasteiger partial charge in [0, 0.05) is 12.6 Å². The maximum atomic E-state index is 11.8. The van der Waals surface area contributed by atoms with Crippen LogP contribution in [0.3, 0.4) is 0 Å². The number of hydrogen-bond acceptors (Lipinski definition) is 3.